The number of carbonyl (C=O) groups is 1. The molecule has 2 aromatic heterocycles. The summed E-state index contributed by atoms with van der Waals surface area (Å²) in [6, 6.07) is 26.3. The van der Waals surface area contributed by atoms with Crippen LogP contribution in [0, 0.1) is 11.3 Å². The number of nitrogens with zero attached hydrogens (tertiary/aromatic N) is 1. The van der Waals surface area contributed by atoms with Crippen LogP contribution in [0.2, 0.25) is 0 Å². The number of para-hydroxylation sites is 1. The summed E-state index contributed by atoms with van der Waals surface area (Å²) in [6.45, 7) is 7.72. The molecule has 0 saturated heterocycles. The van der Waals surface area contributed by atoms with E-state index in [1.165, 1.54) is 15.6 Å². The molecule has 1 atom stereocenters. The van der Waals surface area contributed by atoms with Crippen molar-refractivity contribution >= 4 is 39.2 Å². The number of carbonyl (C=O) groups excluding carboxylic acids is 1. The highest BCUT2D eigenvalue weighted by Gasteiger charge is 2.33. The first-order valence-electron chi connectivity index (χ1n) is 14.5. The van der Waals surface area contributed by atoms with Crippen LogP contribution in [0.4, 0.5) is 5.00 Å². The van der Waals surface area contributed by atoms with Gasteiger partial charge in [0, 0.05) is 16.7 Å². The number of furan rings is 1. The lowest BCUT2D eigenvalue weighted by Gasteiger charge is -2.33. The fourth-order valence-electron chi connectivity index (χ4n) is 5.73. The van der Waals surface area contributed by atoms with E-state index in [1.807, 2.05) is 42.6 Å². The van der Waals surface area contributed by atoms with E-state index in [4.69, 9.17) is 14.1 Å². The van der Waals surface area contributed by atoms with E-state index in [2.05, 4.69) is 68.6 Å². The highest BCUT2D eigenvalue weighted by atomic mass is 32.1. The van der Waals surface area contributed by atoms with Gasteiger partial charge in [0.05, 0.1) is 18.4 Å². The topological polar surface area (TPSA) is 63.8 Å². The molecule has 0 bridgehead atoms. The number of ether oxygens (including phenoxy) is 1. The van der Waals surface area contributed by atoms with Crippen LogP contribution in [0.15, 0.2) is 94.5 Å². The molecule has 0 unspecified atom stereocenters. The third-order valence-electron chi connectivity index (χ3n) is 8.20. The van der Waals surface area contributed by atoms with Gasteiger partial charge in [0.2, 0.25) is 0 Å². The third kappa shape index (κ3) is 6.04. The molecule has 2 heterocycles. The molecule has 6 rings (SSSR count). The van der Waals surface area contributed by atoms with Crippen LogP contribution in [-0.4, -0.2) is 12.1 Å². The smallest absolute Gasteiger partial charge is 0.255 e. The summed E-state index contributed by atoms with van der Waals surface area (Å²) in [4.78, 5) is 19.8. The zero-order chi connectivity index (χ0) is 29.1. The number of hydrogen-bond acceptors (Lipinski definition) is 5. The summed E-state index contributed by atoms with van der Waals surface area (Å²) in [6.07, 6.45) is 6.38. The normalized spacial score (nSPS) is 15.2. The van der Waals surface area contributed by atoms with Crippen molar-refractivity contribution in [1.29, 1.82) is 0 Å². The van der Waals surface area contributed by atoms with Crippen molar-refractivity contribution in [2.24, 2.45) is 16.3 Å². The van der Waals surface area contributed by atoms with Gasteiger partial charge >= 0.3 is 0 Å². The minimum atomic E-state index is -0.106. The third-order valence-corrected chi connectivity index (χ3v) is 9.37. The number of nitrogens with one attached hydrogen (secondary N) is 1. The monoisotopic (exact) mass is 576 g/mol. The molecule has 0 saturated carbocycles. The van der Waals surface area contributed by atoms with E-state index in [-0.39, 0.29) is 11.3 Å². The summed E-state index contributed by atoms with van der Waals surface area (Å²) in [5.74, 6) is 1.95. The predicted octanol–water partition coefficient (Wildman–Crippen LogP) is 8.90. The number of amides is 1. The van der Waals surface area contributed by atoms with Crippen molar-refractivity contribution in [1.82, 2.24) is 5.32 Å². The molecule has 0 fully saturated rings. The summed E-state index contributed by atoms with van der Waals surface area (Å²) in [5, 5.41) is 6.19. The quantitative estimate of drug-likeness (QED) is 0.188. The van der Waals surface area contributed by atoms with Crippen LogP contribution in [-0.2, 0) is 26.0 Å². The Morgan fingerprint density at radius 1 is 1.05 bits per heavy atom. The predicted molar refractivity (Wildman–Crippen MR) is 171 cm³/mol. The standard InChI is InChI=1S/C36H36N2O3S/c1-36(2,3)27-17-18-30-32(20-27)42-35(33(30)34(39)37-22-28-14-9-19-40-28)38-21-25-11-5-7-16-31(25)41-23-26-13-8-12-24-10-4-6-15-29(24)26/h4-16,19,21,27H,17-18,20,22-23H2,1-3H3,(H,37,39)/t27-/m1/s1. The molecule has 1 N–H and O–H groups in total. The van der Waals surface area contributed by atoms with E-state index in [0.29, 0.717) is 24.6 Å². The number of thiophene rings is 1. The van der Waals surface area contributed by atoms with Gasteiger partial charge in [-0.25, -0.2) is 4.99 Å². The molecule has 1 aliphatic rings. The van der Waals surface area contributed by atoms with Crippen molar-refractivity contribution in [3.63, 3.8) is 0 Å². The van der Waals surface area contributed by atoms with Crippen molar-refractivity contribution in [3.05, 3.63) is 118 Å². The van der Waals surface area contributed by atoms with Crippen molar-refractivity contribution in [3.8, 4) is 5.75 Å². The van der Waals surface area contributed by atoms with Crippen LogP contribution in [0.3, 0.4) is 0 Å². The number of benzene rings is 3. The van der Waals surface area contributed by atoms with Gasteiger partial charge in [0.1, 0.15) is 23.1 Å². The Hall–Kier alpha value is -4.16. The minimum absolute atomic E-state index is 0.106. The lowest BCUT2D eigenvalue weighted by atomic mass is 9.72. The average molecular weight is 577 g/mol. The molecule has 3 aromatic carbocycles. The van der Waals surface area contributed by atoms with Gasteiger partial charge in [-0.1, -0.05) is 75.4 Å². The van der Waals surface area contributed by atoms with Crippen molar-refractivity contribution < 1.29 is 13.9 Å². The maximum atomic E-state index is 13.6. The fourth-order valence-corrected chi connectivity index (χ4v) is 6.99. The number of aliphatic imine (C=N–C) groups is 1. The Bertz CT molecular complexity index is 1720. The molecule has 1 amide bonds. The molecule has 42 heavy (non-hydrogen) atoms. The first-order chi connectivity index (χ1) is 20.4. The van der Waals surface area contributed by atoms with Gasteiger partial charge in [0.25, 0.3) is 5.91 Å². The van der Waals surface area contributed by atoms with E-state index < -0.39 is 0 Å². The van der Waals surface area contributed by atoms with E-state index in [0.717, 1.165) is 52.5 Å². The number of rotatable bonds is 8. The highest BCUT2D eigenvalue weighted by molar-refractivity contribution is 7.16. The number of fused-ring (bicyclic) bond motifs is 2. The van der Waals surface area contributed by atoms with Gasteiger partial charge in [-0.3, -0.25) is 4.79 Å². The SMILES string of the molecule is CC(C)(C)[C@@H]1CCc2c(sc(N=Cc3ccccc3OCc3cccc4ccccc34)c2C(=O)NCc2ccco2)C1. The summed E-state index contributed by atoms with van der Waals surface area (Å²) in [5.41, 5.74) is 4.06. The Balaban J connectivity index is 1.28. The molecule has 0 spiro atoms. The Morgan fingerprint density at radius 3 is 2.69 bits per heavy atom. The largest absolute Gasteiger partial charge is 0.488 e. The Labute approximate surface area is 251 Å². The van der Waals surface area contributed by atoms with Crippen molar-refractivity contribution in [2.75, 3.05) is 0 Å². The summed E-state index contributed by atoms with van der Waals surface area (Å²) >= 11 is 1.65. The minimum Gasteiger partial charge on any atom is -0.488 e. The zero-order valence-corrected chi connectivity index (χ0v) is 25.2. The Morgan fingerprint density at radius 2 is 1.86 bits per heavy atom. The highest BCUT2D eigenvalue weighted by Crippen LogP contribution is 2.45. The van der Waals surface area contributed by atoms with Crippen LogP contribution in [0.25, 0.3) is 10.8 Å². The maximum Gasteiger partial charge on any atom is 0.255 e. The lowest BCUT2D eigenvalue weighted by Crippen LogP contribution is -2.28. The van der Waals surface area contributed by atoms with E-state index in [1.54, 1.807) is 17.6 Å². The molecule has 0 radical (unpaired) electrons. The molecule has 0 aliphatic heterocycles. The average Bonchev–Trinajstić information content (AvgIpc) is 3.65. The molecule has 6 heteroatoms. The second kappa shape index (κ2) is 12.0. The second-order valence-corrected chi connectivity index (χ2v) is 13.1. The first kappa shape index (κ1) is 28.0. The molecular formula is C36H36N2O3S. The Kier molecular flexibility index (Phi) is 7.98. The maximum absolute atomic E-state index is 13.6. The van der Waals surface area contributed by atoms with Crippen LogP contribution < -0.4 is 10.1 Å². The van der Waals surface area contributed by atoms with Crippen molar-refractivity contribution in [2.45, 2.75) is 53.2 Å². The fraction of sp³-hybridized carbons (Fsp3) is 0.278. The van der Waals surface area contributed by atoms with Gasteiger partial charge in [0.15, 0.2) is 0 Å². The molecule has 1 aliphatic carbocycles. The van der Waals surface area contributed by atoms with E-state index in [9.17, 15) is 4.79 Å². The summed E-state index contributed by atoms with van der Waals surface area (Å²) in [7, 11) is 0. The second-order valence-electron chi connectivity index (χ2n) is 12.0. The van der Waals surface area contributed by atoms with E-state index >= 15 is 0 Å². The molecule has 5 nitrogen and oxygen atoms in total. The zero-order valence-electron chi connectivity index (χ0n) is 24.4. The first-order valence-corrected chi connectivity index (χ1v) is 15.4. The van der Waals surface area contributed by atoms with Crippen LogP contribution in [0.1, 0.15) is 64.9 Å². The van der Waals surface area contributed by atoms with Crippen LogP contribution in [0.5, 0.6) is 5.75 Å². The van der Waals surface area contributed by atoms with Gasteiger partial charge in [-0.05, 0) is 76.8 Å². The van der Waals surface area contributed by atoms with Gasteiger partial charge in [-0.15, -0.1) is 11.3 Å². The molecular weight excluding hydrogens is 540 g/mol. The molecule has 5 aromatic rings. The lowest BCUT2D eigenvalue weighted by molar-refractivity contribution is 0.0947. The molecule has 214 valence electrons. The van der Waals surface area contributed by atoms with Gasteiger partial charge in [-0.2, -0.15) is 0 Å². The summed E-state index contributed by atoms with van der Waals surface area (Å²) < 4.78 is 11.8. The van der Waals surface area contributed by atoms with Crippen LogP contribution >= 0.6 is 11.3 Å². The van der Waals surface area contributed by atoms with Gasteiger partial charge < -0.3 is 14.5 Å². The number of hydrogen-bond donors (Lipinski definition) is 1.